The van der Waals surface area contributed by atoms with Gasteiger partial charge in [0.1, 0.15) is 0 Å². The van der Waals surface area contributed by atoms with E-state index in [1.165, 1.54) is 0 Å². The van der Waals surface area contributed by atoms with E-state index in [1.54, 1.807) is 6.33 Å². The Kier molecular flexibility index (Phi) is 5.08. The Balaban J connectivity index is 1.99. The average molecular weight is 287 g/mol. The number of amides is 1. The Hall–Kier alpha value is -2.18. The topological polar surface area (TPSA) is 85.0 Å². The minimum Gasteiger partial charge on any atom is -0.329 e. The first-order valence-corrected chi connectivity index (χ1v) is 6.93. The van der Waals surface area contributed by atoms with Crippen LogP contribution >= 0.6 is 0 Å². The van der Waals surface area contributed by atoms with Gasteiger partial charge in [-0.15, -0.1) is 0 Å². The molecule has 0 saturated carbocycles. The number of carbonyl (C=O) groups excluding carboxylic acids is 1. The Morgan fingerprint density at radius 1 is 1.29 bits per heavy atom. The molecule has 0 aliphatic heterocycles. The molecule has 0 unspecified atom stereocenters. The third-order valence-corrected chi connectivity index (χ3v) is 3.29. The van der Waals surface area contributed by atoms with Crippen LogP contribution in [0.1, 0.15) is 11.4 Å². The van der Waals surface area contributed by atoms with Gasteiger partial charge in [0, 0.05) is 30.2 Å². The zero-order chi connectivity index (χ0) is 15.2. The third-order valence-electron chi connectivity index (χ3n) is 3.29. The standard InChI is InChI=1S/C15H21N5O/c1-11-12(2)20(10-18-11)14-5-3-13(4-6-14)19-15(21)9-17-8-7-16/h3-6,10,17H,7-9,16H2,1-2H3,(H,19,21). The van der Waals surface area contributed by atoms with Gasteiger partial charge in [-0.25, -0.2) is 4.98 Å². The lowest BCUT2D eigenvalue weighted by Crippen LogP contribution is -2.31. The van der Waals surface area contributed by atoms with Crippen LogP contribution in [0.3, 0.4) is 0 Å². The van der Waals surface area contributed by atoms with Gasteiger partial charge in [-0.05, 0) is 38.1 Å². The number of hydrogen-bond donors (Lipinski definition) is 3. The van der Waals surface area contributed by atoms with Crippen molar-refractivity contribution in [3.8, 4) is 5.69 Å². The van der Waals surface area contributed by atoms with Gasteiger partial charge in [0.25, 0.3) is 0 Å². The van der Waals surface area contributed by atoms with Crippen LogP contribution in [0.25, 0.3) is 5.69 Å². The molecule has 112 valence electrons. The second-order valence-corrected chi connectivity index (χ2v) is 4.85. The molecule has 1 aromatic heterocycles. The summed E-state index contributed by atoms with van der Waals surface area (Å²) in [5.74, 6) is -0.0779. The van der Waals surface area contributed by atoms with Crippen molar-refractivity contribution in [3.05, 3.63) is 42.0 Å². The van der Waals surface area contributed by atoms with Crippen molar-refractivity contribution in [3.63, 3.8) is 0 Å². The number of benzene rings is 1. The van der Waals surface area contributed by atoms with Crippen molar-refractivity contribution in [1.82, 2.24) is 14.9 Å². The number of nitrogens with zero attached hydrogens (tertiary/aromatic N) is 2. The summed E-state index contributed by atoms with van der Waals surface area (Å²) in [5, 5.41) is 5.79. The van der Waals surface area contributed by atoms with Crippen molar-refractivity contribution in [2.24, 2.45) is 5.73 Å². The van der Waals surface area contributed by atoms with E-state index < -0.39 is 0 Å². The lowest BCUT2D eigenvalue weighted by molar-refractivity contribution is -0.115. The Bertz CT molecular complexity index is 603. The highest BCUT2D eigenvalue weighted by Crippen LogP contribution is 2.16. The number of carbonyl (C=O) groups is 1. The highest BCUT2D eigenvalue weighted by atomic mass is 16.1. The maximum absolute atomic E-state index is 11.7. The summed E-state index contributed by atoms with van der Waals surface area (Å²) < 4.78 is 2.02. The molecule has 0 atom stereocenters. The van der Waals surface area contributed by atoms with Crippen LogP contribution in [0.2, 0.25) is 0 Å². The minimum absolute atomic E-state index is 0.0779. The first-order chi connectivity index (χ1) is 10.1. The maximum Gasteiger partial charge on any atom is 0.238 e. The zero-order valence-corrected chi connectivity index (χ0v) is 12.4. The summed E-state index contributed by atoms with van der Waals surface area (Å²) in [4.78, 5) is 15.9. The molecule has 0 aliphatic rings. The second kappa shape index (κ2) is 7.01. The first-order valence-electron chi connectivity index (χ1n) is 6.93. The van der Waals surface area contributed by atoms with Gasteiger partial charge >= 0.3 is 0 Å². The second-order valence-electron chi connectivity index (χ2n) is 4.85. The number of nitrogens with one attached hydrogen (secondary N) is 2. The number of rotatable bonds is 6. The van der Waals surface area contributed by atoms with Gasteiger partial charge in [0.15, 0.2) is 0 Å². The van der Waals surface area contributed by atoms with Gasteiger partial charge in [-0.3, -0.25) is 4.79 Å². The number of nitrogens with two attached hydrogens (primary N) is 1. The Morgan fingerprint density at radius 2 is 2.00 bits per heavy atom. The number of anilines is 1. The summed E-state index contributed by atoms with van der Waals surface area (Å²) in [7, 11) is 0. The SMILES string of the molecule is Cc1ncn(-c2ccc(NC(=O)CNCCN)cc2)c1C. The number of hydrogen-bond acceptors (Lipinski definition) is 4. The summed E-state index contributed by atoms with van der Waals surface area (Å²) in [5.41, 5.74) is 9.26. The van der Waals surface area contributed by atoms with Crippen LogP contribution in [0, 0.1) is 13.8 Å². The quantitative estimate of drug-likeness (QED) is 0.691. The van der Waals surface area contributed by atoms with E-state index >= 15 is 0 Å². The summed E-state index contributed by atoms with van der Waals surface area (Å²) in [6.45, 7) is 5.42. The number of imidazole rings is 1. The van der Waals surface area contributed by atoms with Crippen molar-refractivity contribution < 1.29 is 4.79 Å². The van der Waals surface area contributed by atoms with Crippen molar-refractivity contribution >= 4 is 11.6 Å². The van der Waals surface area contributed by atoms with Crippen LogP contribution in [0.4, 0.5) is 5.69 Å². The van der Waals surface area contributed by atoms with Gasteiger partial charge in [0.2, 0.25) is 5.91 Å². The van der Waals surface area contributed by atoms with E-state index in [4.69, 9.17) is 5.73 Å². The normalized spacial score (nSPS) is 10.6. The fourth-order valence-electron chi connectivity index (χ4n) is 1.97. The van der Waals surface area contributed by atoms with E-state index in [1.807, 2.05) is 42.7 Å². The molecule has 0 spiro atoms. The predicted molar refractivity (Wildman–Crippen MR) is 83.6 cm³/mol. The monoisotopic (exact) mass is 287 g/mol. The first kappa shape index (κ1) is 15.2. The third kappa shape index (κ3) is 3.90. The van der Waals surface area contributed by atoms with Gasteiger partial charge < -0.3 is 20.9 Å². The van der Waals surface area contributed by atoms with Crippen molar-refractivity contribution in [2.75, 3.05) is 25.0 Å². The highest BCUT2D eigenvalue weighted by Gasteiger charge is 2.05. The zero-order valence-electron chi connectivity index (χ0n) is 12.4. The molecule has 4 N–H and O–H groups in total. The van der Waals surface area contributed by atoms with Crippen LogP contribution in [-0.2, 0) is 4.79 Å². The van der Waals surface area contributed by atoms with E-state index in [9.17, 15) is 4.79 Å². The van der Waals surface area contributed by atoms with E-state index in [2.05, 4.69) is 15.6 Å². The Labute approximate surface area is 124 Å². The number of aryl methyl sites for hydroxylation is 1. The van der Waals surface area contributed by atoms with Gasteiger partial charge in [0.05, 0.1) is 18.6 Å². The molecule has 6 nitrogen and oxygen atoms in total. The van der Waals surface area contributed by atoms with Crippen LogP contribution in [0.5, 0.6) is 0 Å². The van der Waals surface area contributed by atoms with Crippen LogP contribution in [-0.4, -0.2) is 35.1 Å². The van der Waals surface area contributed by atoms with Crippen molar-refractivity contribution in [2.45, 2.75) is 13.8 Å². The molecule has 1 amide bonds. The fourth-order valence-corrected chi connectivity index (χ4v) is 1.97. The molecule has 0 saturated heterocycles. The number of aromatic nitrogens is 2. The molecule has 1 aromatic carbocycles. The predicted octanol–water partition coefficient (Wildman–Crippen LogP) is 0.976. The molecular weight excluding hydrogens is 266 g/mol. The summed E-state index contributed by atoms with van der Waals surface area (Å²) >= 11 is 0. The molecule has 0 aliphatic carbocycles. The lowest BCUT2D eigenvalue weighted by atomic mass is 10.2. The van der Waals surface area contributed by atoms with Crippen LogP contribution in [0.15, 0.2) is 30.6 Å². The van der Waals surface area contributed by atoms with Gasteiger partial charge in [-0.1, -0.05) is 0 Å². The Morgan fingerprint density at radius 3 is 2.57 bits per heavy atom. The molecule has 2 rings (SSSR count). The molecule has 6 heteroatoms. The summed E-state index contributed by atoms with van der Waals surface area (Å²) in [6.07, 6.45) is 1.80. The molecular formula is C15H21N5O. The molecule has 0 fully saturated rings. The molecule has 0 bridgehead atoms. The minimum atomic E-state index is -0.0779. The largest absolute Gasteiger partial charge is 0.329 e. The molecule has 2 aromatic rings. The highest BCUT2D eigenvalue weighted by molar-refractivity contribution is 5.92. The lowest BCUT2D eigenvalue weighted by Gasteiger charge is -2.09. The molecule has 1 heterocycles. The van der Waals surface area contributed by atoms with E-state index in [0.717, 1.165) is 22.8 Å². The fraction of sp³-hybridized carbons (Fsp3) is 0.333. The van der Waals surface area contributed by atoms with Crippen molar-refractivity contribution in [1.29, 1.82) is 0 Å². The average Bonchev–Trinajstić information content (AvgIpc) is 2.80. The smallest absolute Gasteiger partial charge is 0.238 e. The van der Waals surface area contributed by atoms with Gasteiger partial charge in [-0.2, -0.15) is 0 Å². The van der Waals surface area contributed by atoms with E-state index in [0.29, 0.717) is 13.1 Å². The van der Waals surface area contributed by atoms with Crippen LogP contribution < -0.4 is 16.4 Å². The maximum atomic E-state index is 11.7. The summed E-state index contributed by atoms with van der Waals surface area (Å²) in [6, 6.07) is 7.67. The van der Waals surface area contributed by atoms with E-state index in [-0.39, 0.29) is 12.5 Å². The molecule has 0 radical (unpaired) electrons. The molecule has 21 heavy (non-hydrogen) atoms.